The fraction of sp³-hybridized carbons (Fsp3) is 0.308. The molecule has 0 spiro atoms. The Hall–Kier alpha value is -2.02. The van der Waals surface area contributed by atoms with Crippen molar-refractivity contribution in [3.05, 3.63) is 23.8 Å². The zero-order valence-corrected chi connectivity index (χ0v) is 11.5. The highest BCUT2D eigenvalue weighted by Gasteiger charge is 2.24. The summed E-state index contributed by atoms with van der Waals surface area (Å²) >= 11 is 0.806. The first-order chi connectivity index (χ1) is 9.49. The normalized spacial score (nSPS) is 12.4. The summed E-state index contributed by atoms with van der Waals surface area (Å²) in [5, 5.41) is 16.7. The number of nitrogens with zero attached hydrogens (tertiary/aromatic N) is 1. The van der Waals surface area contributed by atoms with E-state index in [0.717, 1.165) is 23.7 Å². The molecule has 20 heavy (non-hydrogen) atoms. The minimum absolute atomic E-state index is 0.168. The number of oxazole rings is 1. The number of fused-ring (bicyclic) bond motifs is 1. The van der Waals surface area contributed by atoms with Crippen molar-refractivity contribution in [2.24, 2.45) is 0 Å². The predicted octanol–water partition coefficient (Wildman–Crippen LogP) is 2.41. The molecule has 0 aliphatic rings. The Kier molecular flexibility index (Phi) is 4.29. The second-order valence-electron chi connectivity index (χ2n) is 4.18. The van der Waals surface area contributed by atoms with Crippen LogP contribution in [-0.2, 0) is 16.0 Å². The summed E-state index contributed by atoms with van der Waals surface area (Å²) in [5.41, 5.74) is 2.29. The van der Waals surface area contributed by atoms with Crippen LogP contribution in [0.1, 0.15) is 18.9 Å². The number of benzene rings is 1. The summed E-state index contributed by atoms with van der Waals surface area (Å²) in [5.74, 6) is -2.37. The molecule has 0 saturated carbocycles. The standard InChI is InChI=1S/C13H13NO5S/c1-2-7-3-4-8-9(5-7)19-13(14-8)20-10(12(17)18)6-11(15)16/h3-5,10H,2,6H2,1H3,(H,15,16)(H,17,18). The second-order valence-corrected chi connectivity index (χ2v) is 5.33. The van der Waals surface area contributed by atoms with Crippen LogP contribution in [0.15, 0.2) is 27.8 Å². The van der Waals surface area contributed by atoms with Crippen LogP contribution in [0.25, 0.3) is 11.1 Å². The number of hydrogen-bond donors (Lipinski definition) is 2. The van der Waals surface area contributed by atoms with Crippen LogP contribution < -0.4 is 0 Å². The van der Waals surface area contributed by atoms with E-state index in [0.29, 0.717) is 11.1 Å². The van der Waals surface area contributed by atoms with E-state index < -0.39 is 23.6 Å². The van der Waals surface area contributed by atoms with Crippen molar-refractivity contribution in [2.75, 3.05) is 0 Å². The molecule has 106 valence electrons. The largest absolute Gasteiger partial charge is 0.481 e. The summed E-state index contributed by atoms with van der Waals surface area (Å²) in [6, 6.07) is 5.57. The van der Waals surface area contributed by atoms with Gasteiger partial charge >= 0.3 is 11.9 Å². The number of carboxylic acids is 2. The van der Waals surface area contributed by atoms with E-state index in [1.807, 2.05) is 19.1 Å². The maximum atomic E-state index is 11.0. The number of carboxylic acid groups (broad SMARTS) is 2. The zero-order valence-electron chi connectivity index (χ0n) is 10.7. The van der Waals surface area contributed by atoms with E-state index in [-0.39, 0.29) is 5.22 Å². The molecule has 2 N–H and O–H groups in total. The van der Waals surface area contributed by atoms with Crippen molar-refractivity contribution in [1.29, 1.82) is 0 Å². The van der Waals surface area contributed by atoms with Crippen LogP contribution in [0, 0.1) is 0 Å². The molecule has 0 fully saturated rings. The van der Waals surface area contributed by atoms with E-state index in [2.05, 4.69) is 4.98 Å². The minimum atomic E-state index is -1.20. The lowest BCUT2D eigenvalue weighted by Gasteiger charge is -2.05. The van der Waals surface area contributed by atoms with Gasteiger partial charge in [0.1, 0.15) is 10.8 Å². The van der Waals surface area contributed by atoms with Crippen LogP contribution in [0.3, 0.4) is 0 Å². The molecule has 0 bridgehead atoms. The molecule has 0 aliphatic heterocycles. The fourth-order valence-electron chi connectivity index (χ4n) is 1.68. The number of thioether (sulfide) groups is 1. The van der Waals surface area contributed by atoms with E-state index in [1.165, 1.54) is 0 Å². The Morgan fingerprint density at radius 1 is 1.40 bits per heavy atom. The number of aromatic nitrogens is 1. The number of aryl methyl sites for hydroxylation is 1. The van der Waals surface area contributed by atoms with Gasteiger partial charge in [0.15, 0.2) is 5.58 Å². The Bertz CT molecular complexity index is 651. The Labute approximate surface area is 118 Å². The molecular formula is C13H13NO5S. The molecule has 1 aromatic carbocycles. The quantitative estimate of drug-likeness (QED) is 0.789. The molecule has 0 radical (unpaired) electrons. The predicted molar refractivity (Wildman–Crippen MR) is 72.9 cm³/mol. The van der Waals surface area contributed by atoms with E-state index in [4.69, 9.17) is 14.6 Å². The topological polar surface area (TPSA) is 101 Å². The average molecular weight is 295 g/mol. The lowest BCUT2D eigenvalue weighted by Crippen LogP contribution is -2.20. The molecule has 2 aromatic rings. The highest BCUT2D eigenvalue weighted by molar-refractivity contribution is 8.00. The van der Waals surface area contributed by atoms with E-state index >= 15 is 0 Å². The summed E-state index contributed by atoms with van der Waals surface area (Å²) in [4.78, 5) is 25.8. The maximum absolute atomic E-state index is 11.0. The average Bonchev–Trinajstić information content (AvgIpc) is 2.78. The van der Waals surface area contributed by atoms with Crippen molar-refractivity contribution in [2.45, 2.75) is 30.2 Å². The van der Waals surface area contributed by atoms with Crippen LogP contribution in [0.4, 0.5) is 0 Å². The Morgan fingerprint density at radius 2 is 2.15 bits per heavy atom. The molecule has 1 unspecified atom stereocenters. The van der Waals surface area contributed by atoms with Crippen LogP contribution in [0.5, 0.6) is 0 Å². The SMILES string of the molecule is CCc1ccc2nc(SC(CC(=O)O)C(=O)O)oc2c1. The highest BCUT2D eigenvalue weighted by Crippen LogP contribution is 2.29. The lowest BCUT2D eigenvalue weighted by atomic mass is 10.2. The van der Waals surface area contributed by atoms with Crippen molar-refractivity contribution in [3.8, 4) is 0 Å². The second kappa shape index (κ2) is 5.96. The Balaban J connectivity index is 2.23. The van der Waals surface area contributed by atoms with Crippen LogP contribution in [0.2, 0.25) is 0 Å². The molecule has 0 saturated heterocycles. The number of hydrogen-bond acceptors (Lipinski definition) is 5. The highest BCUT2D eigenvalue weighted by atomic mass is 32.2. The van der Waals surface area contributed by atoms with Crippen molar-refractivity contribution in [1.82, 2.24) is 4.98 Å². The Morgan fingerprint density at radius 3 is 2.75 bits per heavy atom. The number of aliphatic carboxylic acids is 2. The zero-order chi connectivity index (χ0) is 14.7. The lowest BCUT2D eigenvalue weighted by molar-refractivity contribution is -0.142. The van der Waals surface area contributed by atoms with Gasteiger partial charge in [0.25, 0.3) is 5.22 Å². The third kappa shape index (κ3) is 3.30. The minimum Gasteiger partial charge on any atom is -0.481 e. The molecule has 0 aliphatic carbocycles. The summed E-state index contributed by atoms with van der Waals surface area (Å²) < 4.78 is 5.47. The van der Waals surface area contributed by atoms with E-state index in [9.17, 15) is 9.59 Å². The molecule has 7 heteroatoms. The summed E-state index contributed by atoms with van der Waals surface area (Å²) in [7, 11) is 0. The number of rotatable bonds is 6. The summed E-state index contributed by atoms with van der Waals surface area (Å²) in [6.45, 7) is 2.01. The molecule has 6 nitrogen and oxygen atoms in total. The van der Waals surface area contributed by atoms with Gasteiger partial charge in [-0.25, -0.2) is 4.98 Å². The third-order valence-corrected chi connectivity index (χ3v) is 3.75. The third-order valence-electron chi connectivity index (χ3n) is 2.72. The molecule has 1 aromatic heterocycles. The molecule has 1 heterocycles. The molecule has 0 amide bonds. The van der Waals surface area contributed by atoms with Gasteiger partial charge in [0.05, 0.1) is 6.42 Å². The van der Waals surface area contributed by atoms with Crippen molar-refractivity contribution < 1.29 is 24.2 Å². The van der Waals surface area contributed by atoms with Crippen LogP contribution in [-0.4, -0.2) is 32.4 Å². The first kappa shape index (κ1) is 14.4. The number of carbonyl (C=O) groups is 2. The van der Waals surface area contributed by atoms with Gasteiger partial charge in [0.2, 0.25) is 0 Å². The fourth-order valence-corrected chi connectivity index (χ4v) is 2.54. The van der Waals surface area contributed by atoms with Gasteiger partial charge in [-0.3, -0.25) is 9.59 Å². The van der Waals surface area contributed by atoms with Crippen molar-refractivity contribution >= 4 is 34.8 Å². The van der Waals surface area contributed by atoms with Gasteiger partial charge in [-0.15, -0.1) is 0 Å². The monoisotopic (exact) mass is 295 g/mol. The molecule has 2 rings (SSSR count). The van der Waals surface area contributed by atoms with Gasteiger partial charge in [-0.1, -0.05) is 24.8 Å². The van der Waals surface area contributed by atoms with Gasteiger partial charge in [0, 0.05) is 0 Å². The van der Waals surface area contributed by atoms with Gasteiger partial charge in [-0.2, -0.15) is 0 Å². The van der Waals surface area contributed by atoms with Gasteiger partial charge < -0.3 is 14.6 Å². The molecular weight excluding hydrogens is 282 g/mol. The van der Waals surface area contributed by atoms with Gasteiger partial charge in [-0.05, 0) is 24.1 Å². The first-order valence-electron chi connectivity index (χ1n) is 6.00. The van der Waals surface area contributed by atoms with Crippen molar-refractivity contribution in [3.63, 3.8) is 0 Å². The maximum Gasteiger partial charge on any atom is 0.317 e. The van der Waals surface area contributed by atoms with Crippen LogP contribution >= 0.6 is 11.8 Å². The smallest absolute Gasteiger partial charge is 0.317 e. The first-order valence-corrected chi connectivity index (χ1v) is 6.88. The van der Waals surface area contributed by atoms with E-state index in [1.54, 1.807) is 6.07 Å². The molecule has 1 atom stereocenters. The summed E-state index contributed by atoms with van der Waals surface area (Å²) in [6.07, 6.45) is 0.370.